The Bertz CT molecular complexity index is 653. The van der Waals surface area contributed by atoms with Crippen molar-refractivity contribution in [1.29, 1.82) is 0 Å². The molecule has 3 nitrogen and oxygen atoms in total. The van der Waals surface area contributed by atoms with Crippen molar-refractivity contribution in [2.75, 3.05) is 5.32 Å². The van der Waals surface area contributed by atoms with Gasteiger partial charge in [-0.25, -0.2) is 0 Å². The van der Waals surface area contributed by atoms with E-state index in [4.69, 9.17) is 11.6 Å². The van der Waals surface area contributed by atoms with Gasteiger partial charge in [0, 0.05) is 29.1 Å². The molecular formula is C17H16ClNO2. The Morgan fingerprint density at radius 3 is 2.43 bits per heavy atom. The molecule has 0 bridgehead atoms. The van der Waals surface area contributed by atoms with E-state index < -0.39 is 0 Å². The van der Waals surface area contributed by atoms with E-state index in [0.29, 0.717) is 16.3 Å². The van der Waals surface area contributed by atoms with Crippen molar-refractivity contribution in [3.8, 4) is 0 Å². The number of halogens is 1. The molecule has 2 aromatic carbocycles. The van der Waals surface area contributed by atoms with Crippen LogP contribution in [-0.2, 0) is 4.79 Å². The van der Waals surface area contributed by atoms with Gasteiger partial charge >= 0.3 is 0 Å². The highest BCUT2D eigenvalue weighted by molar-refractivity contribution is 6.31. The van der Waals surface area contributed by atoms with Gasteiger partial charge in [0.25, 0.3) is 0 Å². The molecule has 0 unspecified atom stereocenters. The predicted molar refractivity (Wildman–Crippen MR) is 84.8 cm³/mol. The summed E-state index contributed by atoms with van der Waals surface area (Å²) in [5, 5.41) is 3.35. The van der Waals surface area contributed by atoms with Crippen LogP contribution in [0.5, 0.6) is 0 Å². The van der Waals surface area contributed by atoms with Gasteiger partial charge < -0.3 is 5.32 Å². The molecule has 1 amide bonds. The molecule has 0 aliphatic heterocycles. The van der Waals surface area contributed by atoms with E-state index in [9.17, 15) is 9.59 Å². The number of carbonyl (C=O) groups is 2. The van der Waals surface area contributed by atoms with Crippen LogP contribution in [0.3, 0.4) is 0 Å². The average Bonchev–Trinajstić information content (AvgIpc) is 2.49. The highest BCUT2D eigenvalue weighted by atomic mass is 35.5. The van der Waals surface area contributed by atoms with Crippen molar-refractivity contribution >= 4 is 29.0 Å². The number of benzene rings is 2. The van der Waals surface area contributed by atoms with Crippen molar-refractivity contribution in [1.82, 2.24) is 0 Å². The van der Waals surface area contributed by atoms with Gasteiger partial charge in [-0.1, -0.05) is 48.0 Å². The number of amides is 1. The lowest BCUT2D eigenvalue weighted by Gasteiger charge is -2.06. The zero-order valence-corrected chi connectivity index (χ0v) is 12.5. The molecule has 0 aromatic heterocycles. The Balaban J connectivity index is 1.87. The number of anilines is 1. The summed E-state index contributed by atoms with van der Waals surface area (Å²) in [6.07, 6.45) is 0.342. The maximum Gasteiger partial charge on any atom is 0.224 e. The summed E-state index contributed by atoms with van der Waals surface area (Å²) in [5.74, 6) is -0.230. The molecule has 0 aliphatic carbocycles. The molecule has 0 saturated carbocycles. The van der Waals surface area contributed by atoms with Gasteiger partial charge in [0.1, 0.15) is 0 Å². The Morgan fingerprint density at radius 2 is 1.76 bits per heavy atom. The van der Waals surface area contributed by atoms with Gasteiger partial charge in [-0.2, -0.15) is 0 Å². The van der Waals surface area contributed by atoms with Crippen LogP contribution >= 0.6 is 11.6 Å². The van der Waals surface area contributed by atoms with Crippen LogP contribution in [0.2, 0.25) is 5.02 Å². The third-order valence-corrected chi connectivity index (χ3v) is 3.54. The maximum atomic E-state index is 11.9. The highest BCUT2D eigenvalue weighted by Crippen LogP contribution is 2.20. The topological polar surface area (TPSA) is 46.2 Å². The van der Waals surface area contributed by atoms with Crippen LogP contribution < -0.4 is 5.32 Å². The van der Waals surface area contributed by atoms with Crippen molar-refractivity contribution in [3.05, 3.63) is 64.7 Å². The quantitative estimate of drug-likeness (QED) is 0.839. The van der Waals surface area contributed by atoms with E-state index in [-0.39, 0.29) is 24.5 Å². The SMILES string of the molecule is Cc1ccc(NC(=O)CCC(=O)c2ccccc2)cc1Cl. The second-order valence-electron chi connectivity index (χ2n) is 4.80. The Hall–Kier alpha value is -2.13. The van der Waals surface area contributed by atoms with E-state index in [2.05, 4.69) is 5.32 Å². The fourth-order valence-corrected chi connectivity index (χ4v) is 2.07. The molecule has 4 heteroatoms. The van der Waals surface area contributed by atoms with Gasteiger partial charge in [0.15, 0.2) is 5.78 Å². The molecule has 21 heavy (non-hydrogen) atoms. The summed E-state index contributed by atoms with van der Waals surface area (Å²) < 4.78 is 0. The summed E-state index contributed by atoms with van der Waals surface area (Å²) in [4.78, 5) is 23.7. The molecular weight excluding hydrogens is 286 g/mol. The van der Waals surface area contributed by atoms with Gasteiger partial charge in [0.05, 0.1) is 0 Å². The predicted octanol–water partition coefficient (Wildman–Crippen LogP) is 4.25. The lowest BCUT2D eigenvalue weighted by atomic mass is 10.1. The smallest absolute Gasteiger partial charge is 0.224 e. The number of carbonyl (C=O) groups excluding carboxylic acids is 2. The van der Waals surface area contributed by atoms with Crippen molar-refractivity contribution in [3.63, 3.8) is 0 Å². The minimum absolute atomic E-state index is 0.0345. The van der Waals surface area contributed by atoms with Crippen LogP contribution in [0.15, 0.2) is 48.5 Å². The highest BCUT2D eigenvalue weighted by Gasteiger charge is 2.09. The Morgan fingerprint density at radius 1 is 1.05 bits per heavy atom. The van der Waals surface area contributed by atoms with Crippen molar-refractivity contribution in [2.45, 2.75) is 19.8 Å². The molecule has 0 spiro atoms. The molecule has 108 valence electrons. The number of Topliss-reactive ketones (excluding diaryl/α,β-unsaturated/α-hetero) is 1. The standard InChI is InChI=1S/C17H16ClNO2/c1-12-7-8-14(11-15(12)18)19-17(21)10-9-16(20)13-5-3-2-4-6-13/h2-8,11H,9-10H2,1H3,(H,19,21). The molecule has 2 rings (SSSR count). The summed E-state index contributed by atoms with van der Waals surface area (Å²) in [6.45, 7) is 1.90. The average molecular weight is 302 g/mol. The van der Waals surface area contributed by atoms with Crippen LogP contribution in [0.1, 0.15) is 28.8 Å². The Labute approximate surface area is 128 Å². The summed E-state index contributed by atoms with van der Waals surface area (Å²) in [6, 6.07) is 14.3. The lowest BCUT2D eigenvalue weighted by Crippen LogP contribution is -2.13. The molecule has 1 N–H and O–H groups in total. The molecule has 2 aromatic rings. The monoisotopic (exact) mass is 301 g/mol. The van der Waals surface area contributed by atoms with Crippen molar-refractivity contribution < 1.29 is 9.59 Å². The normalized spacial score (nSPS) is 10.2. The maximum absolute atomic E-state index is 11.9. The fourth-order valence-electron chi connectivity index (χ4n) is 1.89. The molecule has 0 aliphatic rings. The van der Waals surface area contributed by atoms with Crippen LogP contribution in [0.25, 0.3) is 0 Å². The number of hydrogen-bond acceptors (Lipinski definition) is 2. The number of nitrogens with one attached hydrogen (secondary N) is 1. The first-order chi connectivity index (χ1) is 10.1. The van der Waals surface area contributed by atoms with Gasteiger partial charge in [-0.05, 0) is 24.6 Å². The number of hydrogen-bond donors (Lipinski definition) is 1. The van der Waals surface area contributed by atoms with Crippen LogP contribution in [-0.4, -0.2) is 11.7 Å². The number of aryl methyl sites for hydroxylation is 1. The number of rotatable bonds is 5. The number of ketones is 1. The van der Waals surface area contributed by atoms with Crippen LogP contribution in [0.4, 0.5) is 5.69 Å². The minimum Gasteiger partial charge on any atom is -0.326 e. The second-order valence-corrected chi connectivity index (χ2v) is 5.21. The second kappa shape index (κ2) is 7.04. The van der Waals surface area contributed by atoms with Gasteiger partial charge in [0.2, 0.25) is 5.91 Å². The minimum atomic E-state index is -0.195. The largest absolute Gasteiger partial charge is 0.326 e. The zero-order valence-electron chi connectivity index (χ0n) is 11.7. The summed E-state index contributed by atoms with van der Waals surface area (Å²) in [7, 11) is 0. The molecule has 0 fully saturated rings. The molecule has 0 saturated heterocycles. The van der Waals surface area contributed by atoms with Gasteiger partial charge in [-0.15, -0.1) is 0 Å². The van der Waals surface area contributed by atoms with E-state index in [1.807, 2.05) is 31.2 Å². The first kappa shape index (κ1) is 15.3. The summed E-state index contributed by atoms with van der Waals surface area (Å²) >= 11 is 6.00. The first-order valence-electron chi connectivity index (χ1n) is 6.70. The Kier molecular flexibility index (Phi) is 5.12. The molecule has 0 radical (unpaired) electrons. The third kappa shape index (κ3) is 4.43. The zero-order chi connectivity index (χ0) is 15.2. The van der Waals surface area contributed by atoms with Crippen LogP contribution in [0, 0.1) is 6.92 Å². The summed E-state index contributed by atoms with van der Waals surface area (Å²) in [5.41, 5.74) is 2.22. The van der Waals surface area contributed by atoms with E-state index in [0.717, 1.165) is 5.56 Å². The van der Waals surface area contributed by atoms with Crippen molar-refractivity contribution in [2.24, 2.45) is 0 Å². The third-order valence-electron chi connectivity index (χ3n) is 3.13. The van der Waals surface area contributed by atoms with Gasteiger partial charge in [-0.3, -0.25) is 9.59 Å². The van der Waals surface area contributed by atoms with E-state index >= 15 is 0 Å². The fraction of sp³-hybridized carbons (Fsp3) is 0.176. The van der Waals surface area contributed by atoms with E-state index in [1.165, 1.54) is 0 Å². The molecule has 0 heterocycles. The molecule has 0 atom stereocenters. The first-order valence-corrected chi connectivity index (χ1v) is 7.08. The lowest BCUT2D eigenvalue weighted by molar-refractivity contribution is -0.116. The van der Waals surface area contributed by atoms with E-state index in [1.54, 1.807) is 24.3 Å².